The van der Waals surface area contributed by atoms with Gasteiger partial charge < -0.3 is 33.8 Å². The van der Waals surface area contributed by atoms with Crippen molar-refractivity contribution in [2.24, 2.45) is 0 Å². The highest BCUT2D eigenvalue weighted by Crippen LogP contribution is 2.28. The number of unbranched alkanes of at least 4 members (excludes halogenated alkanes) is 19. The van der Waals surface area contributed by atoms with Gasteiger partial charge in [-0.25, -0.2) is 0 Å². The summed E-state index contributed by atoms with van der Waals surface area (Å²) in [5.41, 5.74) is 2.04. The van der Waals surface area contributed by atoms with Crippen molar-refractivity contribution >= 4 is 50.1 Å². The van der Waals surface area contributed by atoms with Gasteiger partial charge in [0, 0.05) is 22.9 Å². The van der Waals surface area contributed by atoms with Gasteiger partial charge in [-0.05, 0) is 121 Å². The minimum absolute atomic E-state index is 0.0271. The second-order valence-corrected chi connectivity index (χ2v) is 23.8. The average molecular weight is 1020 g/mol. The van der Waals surface area contributed by atoms with Gasteiger partial charge in [0.1, 0.15) is 18.2 Å². The summed E-state index contributed by atoms with van der Waals surface area (Å²) in [6.45, 7) is 12.0. The maximum Gasteiger partial charge on any atom is 0.306 e. The summed E-state index contributed by atoms with van der Waals surface area (Å²) < 4.78 is 30.9. The third kappa shape index (κ3) is 27.8. The standard InChI is InChI=1S/C56H91Cl2NO9Si/c1-7-8-9-10-11-12-13-14-21-26-31-47(65-49(60)32-27-22-17-15-19-24-29-43-34-38-45(57)39-35-43)54(63)59-51-53(52(62)48(42-64-56(2,3)4)66-55(51)68-69(5)6)67-50(61)33-28-23-18-16-20-25-30-44-36-40-46(58)41-37-44/h34-41,47-48,51-53,55,62,69H,7-33,42H2,1-6H3,(H,59,63)/t47?,48-,51-,52-,53-,55?/m1/s1. The lowest BCUT2D eigenvalue weighted by Crippen LogP contribution is -2.67. The molecule has 1 saturated heterocycles. The third-order valence-electron chi connectivity index (χ3n) is 12.7. The van der Waals surface area contributed by atoms with E-state index in [0.29, 0.717) is 25.7 Å². The number of hydrogen-bond donors (Lipinski definition) is 2. The van der Waals surface area contributed by atoms with E-state index in [0.717, 1.165) is 106 Å². The Morgan fingerprint density at radius 1 is 0.667 bits per heavy atom. The van der Waals surface area contributed by atoms with Crippen LogP contribution in [0, 0.1) is 0 Å². The smallest absolute Gasteiger partial charge is 0.306 e. The average Bonchev–Trinajstić information content (AvgIpc) is 3.30. The molecule has 0 spiro atoms. The van der Waals surface area contributed by atoms with Gasteiger partial charge in [0.15, 0.2) is 27.5 Å². The summed E-state index contributed by atoms with van der Waals surface area (Å²) in [5.74, 6) is -1.38. The molecule has 3 rings (SSSR count). The van der Waals surface area contributed by atoms with Crippen LogP contribution in [-0.2, 0) is 50.6 Å². The predicted molar refractivity (Wildman–Crippen MR) is 283 cm³/mol. The number of benzene rings is 2. The van der Waals surface area contributed by atoms with Crippen molar-refractivity contribution in [2.75, 3.05) is 6.61 Å². The molecule has 1 fully saturated rings. The first-order valence-electron chi connectivity index (χ1n) is 27.0. The number of aryl methyl sites for hydroxylation is 2. The summed E-state index contributed by atoms with van der Waals surface area (Å²) >= 11 is 12.1. The van der Waals surface area contributed by atoms with E-state index < -0.39 is 69.2 Å². The molecule has 0 saturated carbocycles. The monoisotopic (exact) mass is 1020 g/mol. The molecule has 1 heterocycles. The fourth-order valence-electron chi connectivity index (χ4n) is 8.72. The molecule has 69 heavy (non-hydrogen) atoms. The molecule has 0 aromatic heterocycles. The molecular formula is C56H91Cl2NO9Si. The molecule has 0 bridgehead atoms. The molecule has 0 radical (unpaired) electrons. The Kier molecular flexibility index (Phi) is 31.3. The molecule has 2 N–H and O–H groups in total. The van der Waals surface area contributed by atoms with Gasteiger partial charge in [0.05, 0.1) is 12.2 Å². The number of carbonyl (C=O) groups excluding carboxylic acids is 3. The largest absolute Gasteiger partial charge is 0.457 e. The van der Waals surface area contributed by atoms with Crippen molar-refractivity contribution in [1.82, 2.24) is 5.32 Å². The Hall–Kier alpha value is -2.51. The number of aliphatic hydroxyl groups excluding tert-OH is 1. The first-order chi connectivity index (χ1) is 33.1. The summed E-state index contributed by atoms with van der Waals surface area (Å²) in [6, 6.07) is 15.0. The van der Waals surface area contributed by atoms with E-state index in [1.54, 1.807) is 0 Å². The maximum atomic E-state index is 14.4. The Labute approximate surface area is 429 Å². The molecule has 6 atom stereocenters. The van der Waals surface area contributed by atoms with Crippen LogP contribution in [0.15, 0.2) is 48.5 Å². The first-order valence-corrected chi connectivity index (χ1v) is 30.5. The molecule has 1 aliphatic rings. The minimum atomic E-state index is -1.81. The topological polar surface area (TPSA) is 130 Å². The van der Waals surface area contributed by atoms with Gasteiger partial charge in [-0.1, -0.05) is 164 Å². The zero-order valence-corrected chi connectivity index (χ0v) is 46.1. The van der Waals surface area contributed by atoms with E-state index in [4.69, 9.17) is 46.6 Å². The van der Waals surface area contributed by atoms with Crippen LogP contribution in [0.3, 0.4) is 0 Å². The summed E-state index contributed by atoms with van der Waals surface area (Å²) in [6.07, 6.45) is 20.3. The van der Waals surface area contributed by atoms with Crippen molar-refractivity contribution < 1.29 is 42.9 Å². The third-order valence-corrected chi connectivity index (χ3v) is 14.1. The number of halogens is 2. The van der Waals surface area contributed by atoms with Crippen molar-refractivity contribution in [2.45, 2.75) is 256 Å². The SMILES string of the molecule is CCCCCCCCCCCCC(OC(=O)CCCCCCCCc1ccc(Cl)cc1)C(=O)N[C@H]1C(O[SiH](C)C)O[C@H](COC(C)(C)C)[C@@H](O)[C@@H]1OC(=O)CCCCCCCCc1ccc(Cl)cc1. The van der Waals surface area contributed by atoms with Gasteiger partial charge in [0.25, 0.3) is 5.91 Å². The lowest BCUT2D eigenvalue weighted by Gasteiger charge is -2.45. The molecule has 2 aromatic rings. The Bertz CT molecular complexity index is 1670. The molecule has 0 aliphatic carbocycles. The number of rotatable bonds is 37. The Morgan fingerprint density at radius 3 is 1.59 bits per heavy atom. The number of esters is 2. The maximum absolute atomic E-state index is 14.4. The van der Waals surface area contributed by atoms with Crippen LogP contribution in [0.4, 0.5) is 0 Å². The van der Waals surface area contributed by atoms with Crippen molar-refractivity contribution in [3.8, 4) is 0 Å². The second-order valence-electron chi connectivity index (χ2n) is 20.6. The highest BCUT2D eigenvalue weighted by molar-refractivity contribution is 6.48. The number of amides is 1. The van der Waals surface area contributed by atoms with Gasteiger partial charge in [-0.3, -0.25) is 14.4 Å². The zero-order valence-electron chi connectivity index (χ0n) is 43.4. The summed E-state index contributed by atoms with van der Waals surface area (Å²) in [7, 11) is -1.81. The second kappa shape index (κ2) is 35.6. The molecule has 2 unspecified atom stereocenters. The van der Waals surface area contributed by atoms with Crippen LogP contribution in [-0.4, -0.2) is 80.9 Å². The van der Waals surface area contributed by atoms with Crippen LogP contribution in [0.5, 0.6) is 0 Å². The molecule has 392 valence electrons. The van der Waals surface area contributed by atoms with Crippen molar-refractivity contribution in [3.05, 3.63) is 69.7 Å². The van der Waals surface area contributed by atoms with E-state index in [1.165, 1.54) is 49.7 Å². The lowest BCUT2D eigenvalue weighted by atomic mass is 9.95. The molecule has 1 aliphatic heterocycles. The van der Waals surface area contributed by atoms with Crippen LogP contribution in [0.2, 0.25) is 23.1 Å². The molecule has 13 heteroatoms. The van der Waals surface area contributed by atoms with E-state index in [1.807, 2.05) is 58.1 Å². The van der Waals surface area contributed by atoms with Gasteiger partial charge in [-0.2, -0.15) is 0 Å². The Balaban J connectivity index is 1.63. The quantitative estimate of drug-likeness (QED) is 0.0386. The first kappa shape index (κ1) is 60.8. The van der Waals surface area contributed by atoms with Gasteiger partial charge in [0.2, 0.25) is 0 Å². The summed E-state index contributed by atoms with van der Waals surface area (Å²) in [4.78, 5) is 41.4. The van der Waals surface area contributed by atoms with Crippen molar-refractivity contribution in [1.29, 1.82) is 0 Å². The lowest BCUT2D eigenvalue weighted by molar-refractivity contribution is -0.259. The fourth-order valence-corrected chi connectivity index (χ4v) is 9.75. The summed E-state index contributed by atoms with van der Waals surface area (Å²) in [5, 5.41) is 16.4. The number of aliphatic hydroxyl groups is 1. The number of ether oxygens (including phenoxy) is 4. The van der Waals surface area contributed by atoms with Crippen LogP contribution in [0.1, 0.15) is 199 Å². The molecule has 10 nitrogen and oxygen atoms in total. The van der Waals surface area contributed by atoms with Gasteiger partial charge >= 0.3 is 11.9 Å². The highest BCUT2D eigenvalue weighted by atomic mass is 35.5. The number of carbonyl (C=O) groups is 3. The number of nitrogens with one attached hydrogen (secondary N) is 1. The van der Waals surface area contributed by atoms with E-state index >= 15 is 0 Å². The minimum Gasteiger partial charge on any atom is -0.457 e. The van der Waals surface area contributed by atoms with Crippen molar-refractivity contribution in [3.63, 3.8) is 0 Å². The van der Waals surface area contributed by atoms with Crippen LogP contribution >= 0.6 is 23.2 Å². The van der Waals surface area contributed by atoms with Crippen LogP contribution in [0.25, 0.3) is 0 Å². The number of hydrogen-bond acceptors (Lipinski definition) is 9. The highest BCUT2D eigenvalue weighted by Gasteiger charge is 2.50. The molecular weight excluding hydrogens is 930 g/mol. The predicted octanol–water partition coefficient (Wildman–Crippen LogP) is 13.8. The zero-order chi connectivity index (χ0) is 50.3. The molecule has 1 amide bonds. The van der Waals surface area contributed by atoms with Crippen LogP contribution < -0.4 is 5.32 Å². The van der Waals surface area contributed by atoms with E-state index in [2.05, 4.69) is 36.5 Å². The van der Waals surface area contributed by atoms with Gasteiger partial charge in [-0.15, -0.1) is 0 Å². The Morgan fingerprint density at radius 2 is 1.12 bits per heavy atom. The fraction of sp³-hybridized carbons (Fsp3) is 0.732. The van der Waals surface area contributed by atoms with E-state index in [9.17, 15) is 19.5 Å². The van der Waals surface area contributed by atoms with E-state index in [-0.39, 0.29) is 19.4 Å². The normalized spacial score (nSPS) is 18.8. The molecule has 2 aromatic carbocycles.